The Bertz CT molecular complexity index is 746. The average molecular weight is 340 g/mol. The third kappa shape index (κ3) is 3.32. The van der Waals surface area contributed by atoms with Crippen LogP contribution in [0, 0.1) is 0 Å². The molecule has 0 atom stereocenters. The van der Waals surface area contributed by atoms with Crippen molar-refractivity contribution in [2.45, 2.75) is 0 Å². The van der Waals surface area contributed by atoms with Crippen LogP contribution < -0.4 is 10.1 Å². The summed E-state index contributed by atoms with van der Waals surface area (Å²) in [6.45, 7) is 0. The summed E-state index contributed by atoms with van der Waals surface area (Å²) >= 11 is 11.8. The maximum Gasteiger partial charge on any atom is 0.337 e. The van der Waals surface area contributed by atoms with Crippen LogP contribution in [0.3, 0.4) is 0 Å². The van der Waals surface area contributed by atoms with Crippen LogP contribution in [-0.4, -0.2) is 24.1 Å². The van der Waals surface area contributed by atoms with Gasteiger partial charge in [0.05, 0.1) is 34.0 Å². The highest BCUT2D eigenvalue weighted by Crippen LogP contribution is 2.30. The second-order valence-electron chi connectivity index (χ2n) is 4.27. The molecule has 0 spiro atoms. The first-order chi connectivity index (χ1) is 10.4. The molecule has 0 aliphatic heterocycles. The van der Waals surface area contributed by atoms with E-state index in [1.54, 1.807) is 24.3 Å². The van der Waals surface area contributed by atoms with E-state index in [1.165, 1.54) is 19.2 Å². The van der Waals surface area contributed by atoms with Crippen LogP contribution in [0.15, 0.2) is 36.4 Å². The van der Waals surface area contributed by atoms with E-state index in [1.807, 2.05) is 0 Å². The molecule has 0 aliphatic rings. The minimum Gasteiger partial charge on any atom is -0.496 e. The quantitative estimate of drug-likeness (QED) is 0.884. The predicted octanol–water partition coefficient (Wildman–Crippen LogP) is 3.95. The first kappa shape index (κ1) is 16.1. The van der Waals surface area contributed by atoms with Crippen molar-refractivity contribution in [1.29, 1.82) is 0 Å². The van der Waals surface area contributed by atoms with Crippen molar-refractivity contribution in [3.05, 3.63) is 57.6 Å². The largest absolute Gasteiger partial charge is 0.496 e. The number of carbonyl (C=O) groups is 2. The van der Waals surface area contributed by atoms with Gasteiger partial charge in [0.1, 0.15) is 5.75 Å². The number of ether oxygens (including phenoxy) is 1. The molecule has 0 aromatic heterocycles. The number of para-hydroxylation sites is 1. The molecule has 7 heteroatoms. The Morgan fingerprint density at radius 1 is 1.09 bits per heavy atom. The lowest BCUT2D eigenvalue weighted by Crippen LogP contribution is -2.14. The molecule has 0 bridgehead atoms. The molecule has 0 fully saturated rings. The zero-order valence-corrected chi connectivity index (χ0v) is 12.9. The molecular formula is C15H11Cl2NO4. The second-order valence-corrected chi connectivity index (χ2v) is 5.09. The number of methoxy groups -OCH3 is 1. The summed E-state index contributed by atoms with van der Waals surface area (Å²) in [6.07, 6.45) is 0. The SMILES string of the molecule is COc1ccccc1C(=O)Nc1cc(C(=O)O)c(Cl)cc1Cl. The number of nitrogens with one attached hydrogen (secondary N) is 1. The van der Waals surface area contributed by atoms with E-state index >= 15 is 0 Å². The Morgan fingerprint density at radius 2 is 1.77 bits per heavy atom. The number of amides is 1. The minimum atomic E-state index is -1.21. The third-order valence-corrected chi connectivity index (χ3v) is 3.51. The summed E-state index contributed by atoms with van der Waals surface area (Å²) in [7, 11) is 1.45. The fourth-order valence-corrected chi connectivity index (χ4v) is 2.34. The highest BCUT2D eigenvalue weighted by Gasteiger charge is 2.17. The highest BCUT2D eigenvalue weighted by molar-refractivity contribution is 6.38. The van der Waals surface area contributed by atoms with E-state index in [4.69, 9.17) is 33.0 Å². The Balaban J connectivity index is 2.36. The fourth-order valence-electron chi connectivity index (χ4n) is 1.83. The molecule has 2 aromatic carbocycles. The molecule has 114 valence electrons. The van der Waals surface area contributed by atoms with Gasteiger partial charge in [0.25, 0.3) is 5.91 Å². The van der Waals surface area contributed by atoms with Crippen molar-refractivity contribution >= 4 is 40.8 Å². The number of benzene rings is 2. The van der Waals surface area contributed by atoms with Crippen LogP contribution >= 0.6 is 23.2 Å². The maximum absolute atomic E-state index is 12.3. The molecule has 0 aliphatic carbocycles. The van der Waals surface area contributed by atoms with E-state index in [9.17, 15) is 9.59 Å². The van der Waals surface area contributed by atoms with Gasteiger partial charge in [-0.2, -0.15) is 0 Å². The Morgan fingerprint density at radius 3 is 2.41 bits per heavy atom. The summed E-state index contributed by atoms with van der Waals surface area (Å²) < 4.78 is 5.11. The maximum atomic E-state index is 12.3. The molecular weight excluding hydrogens is 329 g/mol. The minimum absolute atomic E-state index is 0.00668. The summed E-state index contributed by atoms with van der Waals surface area (Å²) in [4.78, 5) is 23.4. The number of carbonyl (C=O) groups excluding carboxylic acids is 1. The number of rotatable bonds is 4. The van der Waals surface area contributed by atoms with Crippen LogP contribution in [0.1, 0.15) is 20.7 Å². The number of hydrogen-bond donors (Lipinski definition) is 2. The fraction of sp³-hybridized carbons (Fsp3) is 0.0667. The molecule has 2 rings (SSSR count). The molecule has 2 N–H and O–H groups in total. The van der Waals surface area contributed by atoms with Crippen molar-refractivity contribution < 1.29 is 19.4 Å². The number of aromatic carboxylic acids is 1. The van der Waals surface area contributed by atoms with E-state index in [-0.39, 0.29) is 21.3 Å². The van der Waals surface area contributed by atoms with Crippen molar-refractivity contribution in [1.82, 2.24) is 0 Å². The number of hydrogen-bond acceptors (Lipinski definition) is 3. The summed E-state index contributed by atoms with van der Waals surface area (Å²) in [5.74, 6) is -1.30. The Hall–Kier alpha value is -2.24. The van der Waals surface area contributed by atoms with E-state index in [0.29, 0.717) is 11.3 Å². The van der Waals surface area contributed by atoms with Crippen molar-refractivity contribution in [3.8, 4) is 5.75 Å². The zero-order valence-electron chi connectivity index (χ0n) is 11.4. The Labute approximate surface area is 136 Å². The molecule has 2 aromatic rings. The van der Waals surface area contributed by atoms with Crippen molar-refractivity contribution in [3.63, 3.8) is 0 Å². The first-order valence-corrected chi connectivity index (χ1v) is 6.86. The van der Waals surface area contributed by atoms with Gasteiger partial charge >= 0.3 is 5.97 Å². The van der Waals surface area contributed by atoms with Gasteiger partial charge in [-0.15, -0.1) is 0 Å². The van der Waals surface area contributed by atoms with Gasteiger partial charge in [0.2, 0.25) is 0 Å². The van der Waals surface area contributed by atoms with Crippen LogP contribution in [0.25, 0.3) is 0 Å². The van der Waals surface area contributed by atoms with Gasteiger partial charge in [-0.25, -0.2) is 4.79 Å². The molecule has 0 saturated heterocycles. The monoisotopic (exact) mass is 339 g/mol. The molecule has 22 heavy (non-hydrogen) atoms. The van der Waals surface area contributed by atoms with Crippen molar-refractivity contribution in [2.24, 2.45) is 0 Å². The molecule has 0 radical (unpaired) electrons. The molecule has 1 amide bonds. The van der Waals surface area contributed by atoms with E-state index in [0.717, 1.165) is 0 Å². The van der Waals surface area contributed by atoms with Crippen LogP contribution in [-0.2, 0) is 0 Å². The van der Waals surface area contributed by atoms with E-state index in [2.05, 4.69) is 5.32 Å². The first-order valence-electron chi connectivity index (χ1n) is 6.10. The number of halogens is 2. The topological polar surface area (TPSA) is 75.6 Å². The zero-order chi connectivity index (χ0) is 16.3. The van der Waals surface area contributed by atoms with E-state index < -0.39 is 11.9 Å². The lowest BCUT2D eigenvalue weighted by atomic mass is 10.1. The lowest BCUT2D eigenvalue weighted by molar-refractivity contribution is 0.0696. The average Bonchev–Trinajstić information content (AvgIpc) is 2.49. The van der Waals surface area contributed by atoms with Gasteiger partial charge in [-0.05, 0) is 24.3 Å². The molecule has 0 heterocycles. The summed E-state index contributed by atoms with van der Waals surface area (Å²) in [5.41, 5.74) is 0.300. The smallest absolute Gasteiger partial charge is 0.337 e. The van der Waals surface area contributed by atoms with Crippen molar-refractivity contribution in [2.75, 3.05) is 12.4 Å². The second kappa shape index (κ2) is 6.68. The van der Waals surface area contributed by atoms with Crippen LogP contribution in [0.4, 0.5) is 5.69 Å². The standard InChI is InChI=1S/C15H11Cl2NO4/c1-22-13-5-3-2-4-8(13)14(19)18-12-6-9(15(20)21)10(16)7-11(12)17/h2-7H,1H3,(H,18,19)(H,20,21). The van der Waals surface area contributed by atoms with Gasteiger partial charge in [-0.1, -0.05) is 35.3 Å². The summed E-state index contributed by atoms with van der Waals surface area (Å²) in [5, 5.41) is 11.7. The Kier molecular flexibility index (Phi) is 4.90. The predicted molar refractivity (Wildman–Crippen MR) is 84.4 cm³/mol. The summed E-state index contributed by atoms with van der Waals surface area (Å²) in [6, 6.07) is 9.11. The molecule has 0 unspecified atom stereocenters. The van der Waals surface area contributed by atoms with Crippen LogP contribution in [0.2, 0.25) is 10.0 Å². The normalized spacial score (nSPS) is 10.1. The number of anilines is 1. The molecule has 0 saturated carbocycles. The molecule has 5 nitrogen and oxygen atoms in total. The van der Waals surface area contributed by atoms with Gasteiger partial charge in [0, 0.05) is 0 Å². The highest BCUT2D eigenvalue weighted by atomic mass is 35.5. The van der Waals surface area contributed by atoms with Gasteiger partial charge < -0.3 is 15.2 Å². The van der Waals surface area contributed by atoms with Gasteiger partial charge in [-0.3, -0.25) is 4.79 Å². The van der Waals surface area contributed by atoms with Gasteiger partial charge in [0.15, 0.2) is 0 Å². The number of carboxylic acid groups (broad SMARTS) is 1. The van der Waals surface area contributed by atoms with Crippen LogP contribution in [0.5, 0.6) is 5.75 Å². The lowest BCUT2D eigenvalue weighted by Gasteiger charge is -2.11. The number of carboxylic acids is 1. The third-order valence-electron chi connectivity index (χ3n) is 2.89.